The molecule has 8 nitrogen and oxygen atoms in total. The van der Waals surface area contributed by atoms with Crippen LogP contribution in [0.25, 0.3) is 16.7 Å². The molecule has 0 bridgehead atoms. The van der Waals surface area contributed by atoms with Crippen LogP contribution in [0.4, 0.5) is 0 Å². The van der Waals surface area contributed by atoms with Gasteiger partial charge in [-0.3, -0.25) is 19.1 Å². The third kappa shape index (κ3) is 5.18. The van der Waals surface area contributed by atoms with Gasteiger partial charge in [0.2, 0.25) is 5.91 Å². The maximum Gasteiger partial charge on any atom is 0.264 e. The fraction of sp³-hybridized carbons (Fsp3) is 0.250. The maximum atomic E-state index is 13.1. The predicted molar refractivity (Wildman–Crippen MR) is 155 cm³/mol. The van der Waals surface area contributed by atoms with Crippen molar-refractivity contribution in [2.75, 3.05) is 26.2 Å². The molecule has 8 heteroatoms. The van der Waals surface area contributed by atoms with Crippen LogP contribution in [-0.4, -0.2) is 61.2 Å². The predicted octanol–water partition coefficient (Wildman–Crippen LogP) is 4.21. The molecule has 1 fully saturated rings. The smallest absolute Gasteiger partial charge is 0.264 e. The van der Waals surface area contributed by atoms with Gasteiger partial charge in [0, 0.05) is 39.1 Å². The van der Waals surface area contributed by atoms with Gasteiger partial charge in [0.1, 0.15) is 5.39 Å². The molecule has 2 aromatic heterocycles. The van der Waals surface area contributed by atoms with Crippen LogP contribution in [0.15, 0.2) is 102 Å². The molecule has 6 rings (SSSR count). The number of nitrogens with zero attached hydrogens (tertiary/aromatic N) is 6. The van der Waals surface area contributed by atoms with Crippen molar-refractivity contribution in [3.8, 4) is 5.69 Å². The van der Waals surface area contributed by atoms with E-state index in [1.165, 1.54) is 22.0 Å². The highest BCUT2D eigenvalue weighted by molar-refractivity contribution is 5.77. The largest absolute Gasteiger partial charge is 0.340 e. The van der Waals surface area contributed by atoms with Gasteiger partial charge < -0.3 is 4.90 Å². The summed E-state index contributed by atoms with van der Waals surface area (Å²) in [5, 5.41) is 4.83. The van der Waals surface area contributed by atoms with Crippen molar-refractivity contribution in [3.05, 3.63) is 124 Å². The van der Waals surface area contributed by atoms with E-state index in [-0.39, 0.29) is 30.5 Å². The van der Waals surface area contributed by atoms with E-state index in [1.54, 1.807) is 10.9 Å². The van der Waals surface area contributed by atoms with Crippen LogP contribution in [0.3, 0.4) is 0 Å². The lowest BCUT2D eigenvalue weighted by atomic mass is 9.96. The molecule has 202 valence electrons. The molecule has 0 unspecified atom stereocenters. The molecule has 3 aromatic carbocycles. The van der Waals surface area contributed by atoms with Crippen LogP contribution < -0.4 is 5.56 Å². The Kier molecular flexibility index (Phi) is 7.25. The van der Waals surface area contributed by atoms with Crippen LogP contribution in [0.5, 0.6) is 0 Å². The van der Waals surface area contributed by atoms with E-state index < -0.39 is 0 Å². The second kappa shape index (κ2) is 11.3. The van der Waals surface area contributed by atoms with Crippen LogP contribution in [0.2, 0.25) is 0 Å². The lowest BCUT2D eigenvalue weighted by Crippen LogP contribution is -2.50. The number of carbonyl (C=O) groups excluding carboxylic acids is 1. The zero-order chi connectivity index (χ0) is 27.5. The van der Waals surface area contributed by atoms with Crippen molar-refractivity contribution < 1.29 is 4.79 Å². The first-order chi connectivity index (χ1) is 19.6. The molecule has 0 spiro atoms. The maximum absolute atomic E-state index is 13.1. The highest BCUT2D eigenvalue weighted by Gasteiger charge is 2.28. The molecule has 0 atom stereocenters. The van der Waals surface area contributed by atoms with Gasteiger partial charge >= 0.3 is 0 Å². The number of piperazine rings is 1. The van der Waals surface area contributed by atoms with E-state index in [9.17, 15) is 9.59 Å². The summed E-state index contributed by atoms with van der Waals surface area (Å²) in [5.74, 6) is 0.0537. The number of rotatable bonds is 7. The van der Waals surface area contributed by atoms with Crippen LogP contribution in [0.1, 0.15) is 29.2 Å². The van der Waals surface area contributed by atoms with E-state index in [0.29, 0.717) is 24.1 Å². The zero-order valence-corrected chi connectivity index (χ0v) is 22.6. The van der Waals surface area contributed by atoms with Gasteiger partial charge in [-0.05, 0) is 30.2 Å². The Balaban J connectivity index is 1.11. The zero-order valence-electron chi connectivity index (χ0n) is 22.6. The fourth-order valence-corrected chi connectivity index (χ4v) is 5.47. The number of aromatic nitrogens is 4. The Hall–Kier alpha value is -4.56. The number of aryl methyl sites for hydroxylation is 2. The van der Waals surface area contributed by atoms with Crippen molar-refractivity contribution in [3.63, 3.8) is 0 Å². The second-order valence-electron chi connectivity index (χ2n) is 10.3. The van der Waals surface area contributed by atoms with Crippen LogP contribution in [-0.2, 0) is 11.3 Å². The first-order valence-corrected chi connectivity index (χ1v) is 13.7. The summed E-state index contributed by atoms with van der Waals surface area (Å²) in [4.78, 5) is 35.1. The Bertz CT molecular complexity index is 1610. The van der Waals surface area contributed by atoms with Gasteiger partial charge in [-0.15, -0.1) is 0 Å². The molecule has 40 heavy (non-hydrogen) atoms. The average Bonchev–Trinajstić information content (AvgIpc) is 3.44. The minimum Gasteiger partial charge on any atom is -0.340 e. The second-order valence-corrected chi connectivity index (χ2v) is 10.3. The van der Waals surface area contributed by atoms with Gasteiger partial charge in [-0.2, -0.15) is 5.10 Å². The van der Waals surface area contributed by atoms with E-state index in [4.69, 9.17) is 0 Å². The summed E-state index contributed by atoms with van der Waals surface area (Å²) in [6.45, 7) is 5.19. The average molecular weight is 533 g/mol. The normalized spacial score (nSPS) is 14.2. The van der Waals surface area contributed by atoms with E-state index >= 15 is 0 Å². The number of carbonyl (C=O) groups is 1. The molecular formula is C32H32N6O2. The summed E-state index contributed by atoms with van der Waals surface area (Å²) in [6, 6.07) is 29.1. The molecule has 3 heterocycles. The molecule has 0 saturated carbocycles. The lowest BCUT2D eigenvalue weighted by Gasteiger charge is -2.40. The number of hydrogen-bond acceptors (Lipinski definition) is 5. The van der Waals surface area contributed by atoms with Crippen molar-refractivity contribution in [1.29, 1.82) is 0 Å². The first-order valence-electron chi connectivity index (χ1n) is 13.7. The number of benzene rings is 3. The summed E-state index contributed by atoms with van der Waals surface area (Å²) in [7, 11) is 0. The molecule has 1 saturated heterocycles. The van der Waals surface area contributed by atoms with E-state index in [1.807, 2.05) is 48.2 Å². The molecular weight excluding hydrogens is 500 g/mol. The fourth-order valence-electron chi connectivity index (χ4n) is 5.47. The minimum atomic E-state index is -0.186. The quantitative estimate of drug-likeness (QED) is 0.314. The molecule has 0 aliphatic carbocycles. The molecule has 1 aliphatic rings. The van der Waals surface area contributed by atoms with Crippen molar-refractivity contribution in [1.82, 2.24) is 29.1 Å². The van der Waals surface area contributed by atoms with Crippen molar-refractivity contribution >= 4 is 16.9 Å². The van der Waals surface area contributed by atoms with Crippen molar-refractivity contribution in [2.45, 2.75) is 25.9 Å². The van der Waals surface area contributed by atoms with Gasteiger partial charge in [-0.1, -0.05) is 78.4 Å². The minimum absolute atomic E-state index is 0.0537. The standard InChI is InChI=1S/C32H32N6O2/c1-24-12-14-27(15-13-24)38-31-28(22-34-38)32(40)37(23-33-31)17-16-29(39)35-18-20-36(21-19-35)30(25-8-4-2-5-9-25)26-10-6-3-7-11-26/h2-15,22-23,30H,16-21H2,1H3. The topological polar surface area (TPSA) is 76.3 Å². The molecule has 0 radical (unpaired) electrons. The monoisotopic (exact) mass is 532 g/mol. The summed E-state index contributed by atoms with van der Waals surface area (Å²) < 4.78 is 3.18. The van der Waals surface area contributed by atoms with E-state index in [2.05, 4.69) is 63.5 Å². The first kappa shape index (κ1) is 25.7. The van der Waals surface area contributed by atoms with Crippen LogP contribution >= 0.6 is 0 Å². The molecule has 5 aromatic rings. The van der Waals surface area contributed by atoms with Crippen LogP contribution in [0, 0.1) is 6.92 Å². The summed E-state index contributed by atoms with van der Waals surface area (Å²) in [6.07, 6.45) is 3.32. The lowest BCUT2D eigenvalue weighted by molar-refractivity contribution is -0.133. The number of amides is 1. The number of hydrogen-bond donors (Lipinski definition) is 0. The third-order valence-electron chi connectivity index (χ3n) is 7.66. The Labute approximate surface area is 233 Å². The van der Waals surface area contributed by atoms with Gasteiger partial charge in [-0.25, -0.2) is 9.67 Å². The van der Waals surface area contributed by atoms with E-state index in [0.717, 1.165) is 24.3 Å². The van der Waals surface area contributed by atoms with Gasteiger partial charge in [0.05, 0.1) is 24.3 Å². The summed E-state index contributed by atoms with van der Waals surface area (Å²) >= 11 is 0. The third-order valence-corrected chi connectivity index (χ3v) is 7.66. The Morgan fingerprint density at radius 2 is 1.48 bits per heavy atom. The Morgan fingerprint density at radius 3 is 2.10 bits per heavy atom. The summed E-state index contributed by atoms with van der Waals surface area (Å²) in [5.41, 5.74) is 4.83. The highest BCUT2D eigenvalue weighted by Crippen LogP contribution is 2.29. The highest BCUT2D eigenvalue weighted by atomic mass is 16.2. The molecule has 0 N–H and O–H groups in total. The van der Waals surface area contributed by atoms with Crippen molar-refractivity contribution in [2.24, 2.45) is 0 Å². The Morgan fingerprint density at radius 1 is 0.850 bits per heavy atom. The molecule has 1 amide bonds. The number of fused-ring (bicyclic) bond motifs is 1. The van der Waals surface area contributed by atoms with Gasteiger partial charge in [0.25, 0.3) is 5.56 Å². The van der Waals surface area contributed by atoms with Gasteiger partial charge in [0.15, 0.2) is 5.65 Å². The molecule has 1 aliphatic heterocycles. The SMILES string of the molecule is Cc1ccc(-n2ncc3c(=O)n(CCC(=O)N4CCN(C(c5ccccc5)c5ccccc5)CC4)cnc32)cc1.